The van der Waals surface area contributed by atoms with E-state index in [0.29, 0.717) is 25.0 Å². The summed E-state index contributed by atoms with van der Waals surface area (Å²) in [7, 11) is 0. The third-order valence-electron chi connectivity index (χ3n) is 2.74. The number of ether oxygens (including phenoxy) is 1. The molecule has 104 valence electrons. The van der Waals surface area contributed by atoms with E-state index >= 15 is 0 Å². The summed E-state index contributed by atoms with van der Waals surface area (Å²) in [5, 5.41) is 18.5. The molecule has 2 N–H and O–H groups in total. The van der Waals surface area contributed by atoms with Crippen molar-refractivity contribution in [1.29, 1.82) is 0 Å². The van der Waals surface area contributed by atoms with Crippen LogP contribution in [0.25, 0.3) is 0 Å². The number of carboxylic acid groups (broad SMARTS) is 1. The smallest absolute Gasteiger partial charge is 0.306 e. The van der Waals surface area contributed by atoms with Gasteiger partial charge in [0.2, 0.25) is 0 Å². The summed E-state index contributed by atoms with van der Waals surface area (Å²) in [6.07, 6.45) is 0.851. The molecule has 0 aromatic heterocycles. The number of rotatable bonds is 7. The SMILES string of the molecule is CCOC(=O)CCc1c(O)cccc1CCC(=O)O. The van der Waals surface area contributed by atoms with Crippen LogP contribution >= 0.6 is 0 Å². The Morgan fingerprint density at radius 3 is 2.58 bits per heavy atom. The zero-order valence-electron chi connectivity index (χ0n) is 10.9. The fourth-order valence-electron chi connectivity index (χ4n) is 1.85. The third-order valence-corrected chi connectivity index (χ3v) is 2.74. The largest absolute Gasteiger partial charge is 0.508 e. The first kappa shape index (κ1) is 15.0. The van der Waals surface area contributed by atoms with Crippen molar-refractivity contribution < 1.29 is 24.5 Å². The second-order valence-corrected chi connectivity index (χ2v) is 4.11. The number of carboxylic acids is 1. The molecular weight excluding hydrogens is 248 g/mol. The molecule has 0 radical (unpaired) electrons. The standard InChI is InChI=1S/C14H18O5/c1-2-19-14(18)9-7-11-10(6-8-13(16)17)4-3-5-12(11)15/h3-5,15H,2,6-9H2,1H3,(H,16,17). The molecule has 0 aliphatic carbocycles. The van der Waals surface area contributed by atoms with Crippen LogP contribution in [0.4, 0.5) is 0 Å². The highest BCUT2D eigenvalue weighted by Gasteiger charge is 2.11. The van der Waals surface area contributed by atoms with Gasteiger partial charge >= 0.3 is 11.9 Å². The molecule has 1 rings (SSSR count). The first-order chi connectivity index (χ1) is 9.04. The average molecular weight is 266 g/mol. The number of aliphatic carboxylic acids is 1. The summed E-state index contributed by atoms with van der Waals surface area (Å²) in [4.78, 5) is 21.9. The molecule has 0 aliphatic heterocycles. The summed E-state index contributed by atoms with van der Waals surface area (Å²) >= 11 is 0. The van der Waals surface area contributed by atoms with E-state index in [4.69, 9.17) is 9.84 Å². The first-order valence-electron chi connectivity index (χ1n) is 6.21. The lowest BCUT2D eigenvalue weighted by molar-refractivity contribution is -0.143. The predicted molar refractivity (Wildman–Crippen MR) is 69.0 cm³/mol. The molecule has 1 aromatic rings. The fourth-order valence-corrected chi connectivity index (χ4v) is 1.85. The lowest BCUT2D eigenvalue weighted by Crippen LogP contribution is -2.07. The van der Waals surface area contributed by atoms with Gasteiger partial charge in [0.25, 0.3) is 0 Å². The van der Waals surface area contributed by atoms with Gasteiger partial charge in [-0.15, -0.1) is 0 Å². The summed E-state index contributed by atoms with van der Waals surface area (Å²) in [6.45, 7) is 2.06. The normalized spacial score (nSPS) is 10.2. The number of hydrogen-bond donors (Lipinski definition) is 2. The first-order valence-corrected chi connectivity index (χ1v) is 6.21. The van der Waals surface area contributed by atoms with Gasteiger partial charge < -0.3 is 14.9 Å². The van der Waals surface area contributed by atoms with Crippen molar-refractivity contribution in [3.63, 3.8) is 0 Å². The van der Waals surface area contributed by atoms with Crippen LogP contribution in [0.1, 0.15) is 30.9 Å². The van der Waals surface area contributed by atoms with Crippen LogP contribution in [0, 0.1) is 0 Å². The molecule has 0 amide bonds. The number of phenolic OH excluding ortho intramolecular Hbond substituents is 1. The third kappa shape index (κ3) is 4.99. The molecule has 5 nitrogen and oxygen atoms in total. The van der Waals surface area contributed by atoms with Gasteiger partial charge in [-0.05, 0) is 37.0 Å². The summed E-state index contributed by atoms with van der Waals surface area (Å²) in [5.41, 5.74) is 1.38. The Balaban J connectivity index is 2.74. The highest BCUT2D eigenvalue weighted by Crippen LogP contribution is 2.24. The maximum atomic E-state index is 11.3. The molecule has 0 fully saturated rings. The van der Waals surface area contributed by atoms with Crippen molar-refractivity contribution in [2.24, 2.45) is 0 Å². The minimum atomic E-state index is -0.889. The summed E-state index contributed by atoms with van der Waals surface area (Å²) < 4.78 is 4.83. The van der Waals surface area contributed by atoms with Crippen LogP contribution in [0.3, 0.4) is 0 Å². The molecular formula is C14H18O5. The van der Waals surface area contributed by atoms with Crippen LogP contribution in [0.15, 0.2) is 18.2 Å². The Morgan fingerprint density at radius 1 is 1.21 bits per heavy atom. The van der Waals surface area contributed by atoms with Crippen LogP contribution in [-0.2, 0) is 27.2 Å². The van der Waals surface area contributed by atoms with Gasteiger partial charge in [0.1, 0.15) is 5.75 Å². The number of aromatic hydroxyl groups is 1. The molecule has 19 heavy (non-hydrogen) atoms. The zero-order chi connectivity index (χ0) is 14.3. The number of aryl methyl sites for hydroxylation is 1. The number of benzene rings is 1. The number of phenols is 1. The van der Waals surface area contributed by atoms with Gasteiger partial charge in [-0.25, -0.2) is 0 Å². The van der Waals surface area contributed by atoms with Crippen LogP contribution in [0.5, 0.6) is 5.75 Å². The highest BCUT2D eigenvalue weighted by molar-refractivity contribution is 5.70. The quantitative estimate of drug-likeness (QED) is 0.736. The lowest BCUT2D eigenvalue weighted by atomic mass is 9.98. The van der Waals surface area contributed by atoms with Crippen LogP contribution in [-0.4, -0.2) is 28.8 Å². The van der Waals surface area contributed by atoms with Crippen LogP contribution < -0.4 is 0 Å². The van der Waals surface area contributed by atoms with Crippen molar-refractivity contribution >= 4 is 11.9 Å². The van der Waals surface area contributed by atoms with Gasteiger partial charge in [-0.1, -0.05) is 12.1 Å². The van der Waals surface area contributed by atoms with E-state index in [-0.39, 0.29) is 24.6 Å². The van der Waals surface area contributed by atoms with Gasteiger partial charge in [-0.2, -0.15) is 0 Å². The Labute approximate surface area is 111 Å². The Bertz CT molecular complexity index is 453. The second kappa shape index (κ2) is 7.41. The lowest BCUT2D eigenvalue weighted by Gasteiger charge is -2.10. The number of carbonyl (C=O) groups excluding carboxylic acids is 1. The molecule has 0 aliphatic rings. The Morgan fingerprint density at radius 2 is 1.95 bits per heavy atom. The topological polar surface area (TPSA) is 83.8 Å². The van der Waals surface area contributed by atoms with Gasteiger partial charge in [0.15, 0.2) is 0 Å². The average Bonchev–Trinajstić information content (AvgIpc) is 2.35. The maximum absolute atomic E-state index is 11.3. The molecule has 0 unspecified atom stereocenters. The zero-order valence-corrected chi connectivity index (χ0v) is 10.9. The molecule has 0 atom stereocenters. The van der Waals surface area contributed by atoms with Crippen molar-refractivity contribution in [3.8, 4) is 5.75 Å². The number of hydrogen-bond acceptors (Lipinski definition) is 4. The second-order valence-electron chi connectivity index (χ2n) is 4.11. The van der Waals surface area contributed by atoms with Crippen molar-refractivity contribution in [2.45, 2.75) is 32.6 Å². The summed E-state index contributed by atoms with van der Waals surface area (Å²) in [5.74, 6) is -1.12. The van der Waals surface area contributed by atoms with Gasteiger partial charge in [0, 0.05) is 12.8 Å². The van der Waals surface area contributed by atoms with E-state index in [1.54, 1.807) is 19.1 Å². The Kier molecular flexibility index (Phi) is 5.85. The van der Waals surface area contributed by atoms with Gasteiger partial charge in [0.05, 0.1) is 6.61 Å². The molecule has 0 heterocycles. The van der Waals surface area contributed by atoms with E-state index in [2.05, 4.69) is 0 Å². The number of esters is 1. The minimum Gasteiger partial charge on any atom is -0.508 e. The predicted octanol–water partition coefficient (Wildman–Crippen LogP) is 1.91. The number of carbonyl (C=O) groups is 2. The van der Waals surface area contributed by atoms with E-state index < -0.39 is 5.97 Å². The molecule has 0 spiro atoms. The summed E-state index contributed by atoms with van der Waals surface area (Å²) in [6, 6.07) is 4.97. The van der Waals surface area contributed by atoms with Crippen molar-refractivity contribution in [3.05, 3.63) is 29.3 Å². The van der Waals surface area contributed by atoms with Crippen LogP contribution in [0.2, 0.25) is 0 Å². The monoisotopic (exact) mass is 266 g/mol. The van der Waals surface area contributed by atoms with E-state index in [1.165, 1.54) is 6.07 Å². The van der Waals surface area contributed by atoms with Crippen molar-refractivity contribution in [2.75, 3.05) is 6.61 Å². The van der Waals surface area contributed by atoms with Crippen molar-refractivity contribution in [1.82, 2.24) is 0 Å². The van der Waals surface area contributed by atoms with E-state index in [9.17, 15) is 14.7 Å². The van der Waals surface area contributed by atoms with E-state index in [1.807, 2.05) is 0 Å². The highest BCUT2D eigenvalue weighted by atomic mass is 16.5. The maximum Gasteiger partial charge on any atom is 0.306 e. The molecule has 0 saturated heterocycles. The molecule has 0 saturated carbocycles. The molecule has 5 heteroatoms. The van der Waals surface area contributed by atoms with E-state index in [0.717, 1.165) is 5.56 Å². The Hall–Kier alpha value is -2.04. The van der Waals surface area contributed by atoms with Gasteiger partial charge in [-0.3, -0.25) is 9.59 Å². The minimum absolute atomic E-state index is 0.00411. The molecule has 1 aromatic carbocycles. The fraction of sp³-hybridized carbons (Fsp3) is 0.429. The molecule has 0 bridgehead atoms.